The molecule has 0 radical (unpaired) electrons. The van der Waals surface area contributed by atoms with Crippen LogP contribution in [0.5, 0.6) is 0 Å². The van der Waals surface area contributed by atoms with Crippen LogP contribution in [0.3, 0.4) is 0 Å². The molecule has 0 aromatic heterocycles. The van der Waals surface area contributed by atoms with E-state index in [0.29, 0.717) is 10.2 Å². The Kier molecular flexibility index (Phi) is 15.6. The van der Waals surface area contributed by atoms with Crippen molar-refractivity contribution in [2.75, 3.05) is 0 Å². The van der Waals surface area contributed by atoms with Gasteiger partial charge >= 0.3 is 157 Å². The maximum absolute atomic E-state index is 6.72. The monoisotopic (exact) mass is 444 g/mol. The van der Waals surface area contributed by atoms with Crippen LogP contribution < -0.4 is 0 Å². The molecule has 2 atom stereocenters. The molecule has 0 aliphatic heterocycles. The summed E-state index contributed by atoms with van der Waals surface area (Å²) in [5.74, 6) is 0. The van der Waals surface area contributed by atoms with E-state index in [2.05, 4.69) is 46.9 Å². The fraction of sp³-hybridized carbons (Fsp3) is 0.818. The zero-order valence-electron chi connectivity index (χ0n) is 17.1. The van der Waals surface area contributed by atoms with Crippen molar-refractivity contribution in [3.63, 3.8) is 0 Å². The molecule has 0 heterocycles. The number of rotatable bonds is 17. The Hall–Kier alpha value is 0.239. The SMILES string of the molecule is C=CCCC(C)O[CH](CC=C)[Sn]([CH2]CCC)([CH2]CCC)[CH2]CCC. The van der Waals surface area contributed by atoms with Crippen molar-refractivity contribution in [1.29, 1.82) is 0 Å². The molecule has 1 nitrogen and oxygen atoms in total. The van der Waals surface area contributed by atoms with E-state index in [4.69, 9.17) is 4.74 Å². The minimum atomic E-state index is -2.33. The Morgan fingerprint density at radius 3 is 1.75 bits per heavy atom. The van der Waals surface area contributed by atoms with E-state index in [9.17, 15) is 0 Å². The third kappa shape index (κ3) is 9.65. The molecule has 2 unspecified atom stereocenters. The van der Waals surface area contributed by atoms with Gasteiger partial charge < -0.3 is 0 Å². The van der Waals surface area contributed by atoms with Crippen molar-refractivity contribution in [3.8, 4) is 0 Å². The number of hydrogen-bond donors (Lipinski definition) is 0. The summed E-state index contributed by atoms with van der Waals surface area (Å²) in [7, 11) is 0. The van der Waals surface area contributed by atoms with Crippen molar-refractivity contribution in [3.05, 3.63) is 25.3 Å². The van der Waals surface area contributed by atoms with Crippen molar-refractivity contribution in [2.45, 2.75) is 109 Å². The molecular weight excluding hydrogens is 399 g/mol. The van der Waals surface area contributed by atoms with Gasteiger partial charge in [-0.2, -0.15) is 0 Å². The van der Waals surface area contributed by atoms with Crippen molar-refractivity contribution in [2.24, 2.45) is 0 Å². The van der Waals surface area contributed by atoms with Gasteiger partial charge in [-0.25, -0.2) is 0 Å². The molecule has 0 spiro atoms. The Morgan fingerprint density at radius 1 is 0.875 bits per heavy atom. The molecule has 0 fully saturated rings. The second-order valence-corrected chi connectivity index (χ2v) is 21.4. The summed E-state index contributed by atoms with van der Waals surface area (Å²) in [5.41, 5.74) is 0. The van der Waals surface area contributed by atoms with Crippen LogP contribution >= 0.6 is 0 Å². The predicted molar refractivity (Wildman–Crippen MR) is 113 cm³/mol. The molecule has 142 valence electrons. The first-order chi connectivity index (χ1) is 11.6. The molecule has 0 saturated carbocycles. The Morgan fingerprint density at radius 2 is 1.38 bits per heavy atom. The van der Waals surface area contributed by atoms with Gasteiger partial charge in [-0.05, 0) is 0 Å². The zero-order valence-corrected chi connectivity index (χ0v) is 20.0. The van der Waals surface area contributed by atoms with Gasteiger partial charge in [-0.15, -0.1) is 0 Å². The average molecular weight is 443 g/mol. The van der Waals surface area contributed by atoms with E-state index in [0.717, 1.165) is 19.3 Å². The second-order valence-electron chi connectivity index (χ2n) is 7.50. The van der Waals surface area contributed by atoms with Crippen LogP contribution in [-0.4, -0.2) is 28.6 Å². The van der Waals surface area contributed by atoms with E-state index in [-0.39, 0.29) is 0 Å². The molecule has 0 bridgehead atoms. The third-order valence-electron chi connectivity index (χ3n) is 5.32. The van der Waals surface area contributed by atoms with Crippen LogP contribution in [0.4, 0.5) is 0 Å². The van der Waals surface area contributed by atoms with Crippen LogP contribution in [0.25, 0.3) is 0 Å². The standard InChI is InChI=1S/C10H17O.3C4H9.Sn/c1-4-6-8-10(3)11-9-7-5-2;3*1-3-4-2;/h4-5,9-10H,1-2,6-8H2,3H3;3*1,3-4H2,2H3;. The summed E-state index contributed by atoms with van der Waals surface area (Å²) >= 11 is -2.33. The number of unbranched alkanes of at least 4 members (excludes halogenated alkanes) is 3. The summed E-state index contributed by atoms with van der Waals surface area (Å²) in [6.45, 7) is 17.2. The van der Waals surface area contributed by atoms with Gasteiger partial charge in [0.1, 0.15) is 0 Å². The van der Waals surface area contributed by atoms with Gasteiger partial charge in [0.15, 0.2) is 0 Å². The van der Waals surface area contributed by atoms with Gasteiger partial charge in [0.2, 0.25) is 0 Å². The molecule has 0 aromatic carbocycles. The summed E-state index contributed by atoms with van der Waals surface area (Å²) in [4.78, 5) is 0. The summed E-state index contributed by atoms with van der Waals surface area (Å²) in [5, 5.41) is 0. The molecular formula is C22H44OSn. The summed E-state index contributed by atoms with van der Waals surface area (Å²) < 4.78 is 11.8. The quantitative estimate of drug-likeness (QED) is 0.165. The fourth-order valence-corrected chi connectivity index (χ4v) is 21.1. The number of allylic oxidation sites excluding steroid dienone is 1. The van der Waals surface area contributed by atoms with Crippen LogP contribution in [-0.2, 0) is 4.74 Å². The first-order valence-corrected chi connectivity index (χ1v) is 18.2. The maximum atomic E-state index is 6.72. The van der Waals surface area contributed by atoms with Gasteiger partial charge in [0.25, 0.3) is 0 Å². The minimum absolute atomic E-state index is 0.355. The second kappa shape index (κ2) is 15.5. The van der Waals surface area contributed by atoms with E-state index >= 15 is 0 Å². The Bertz CT molecular complexity index is 291. The molecule has 0 amide bonds. The normalized spacial score (nSPS) is 14.3. The average Bonchev–Trinajstić information content (AvgIpc) is 2.59. The molecule has 0 rings (SSSR count). The molecule has 0 aromatic rings. The third-order valence-corrected chi connectivity index (χ3v) is 21.8. The van der Waals surface area contributed by atoms with E-state index < -0.39 is 18.4 Å². The van der Waals surface area contributed by atoms with Crippen molar-refractivity contribution >= 4 is 18.4 Å². The Balaban J connectivity index is 5.30. The molecule has 0 aliphatic rings. The van der Waals surface area contributed by atoms with Crippen LogP contribution in [0.1, 0.15) is 85.5 Å². The molecule has 0 saturated heterocycles. The molecule has 0 aliphatic carbocycles. The predicted octanol–water partition coefficient (Wildman–Crippen LogP) is 7.69. The van der Waals surface area contributed by atoms with Crippen molar-refractivity contribution in [1.82, 2.24) is 0 Å². The Labute approximate surface area is 157 Å². The van der Waals surface area contributed by atoms with Crippen LogP contribution in [0.15, 0.2) is 25.3 Å². The number of ether oxygens (including phenoxy) is 1. The van der Waals surface area contributed by atoms with Gasteiger partial charge in [0.05, 0.1) is 0 Å². The zero-order chi connectivity index (χ0) is 18.3. The fourth-order valence-electron chi connectivity index (χ4n) is 3.75. The molecule has 24 heavy (non-hydrogen) atoms. The summed E-state index contributed by atoms with van der Waals surface area (Å²) in [6.07, 6.45) is 15.9. The molecule has 2 heteroatoms. The van der Waals surface area contributed by atoms with Gasteiger partial charge in [0, 0.05) is 0 Å². The van der Waals surface area contributed by atoms with Crippen LogP contribution in [0.2, 0.25) is 13.3 Å². The van der Waals surface area contributed by atoms with Crippen molar-refractivity contribution < 1.29 is 4.74 Å². The van der Waals surface area contributed by atoms with Gasteiger partial charge in [-0.3, -0.25) is 0 Å². The first-order valence-electron chi connectivity index (χ1n) is 10.5. The first kappa shape index (κ1) is 24.2. The van der Waals surface area contributed by atoms with Gasteiger partial charge in [-0.1, -0.05) is 0 Å². The van der Waals surface area contributed by atoms with Crippen LogP contribution in [0, 0.1) is 0 Å². The van der Waals surface area contributed by atoms with E-state index in [1.54, 1.807) is 0 Å². The van der Waals surface area contributed by atoms with E-state index in [1.807, 2.05) is 6.08 Å². The summed E-state index contributed by atoms with van der Waals surface area (Å²) in [6, 6.07) is 0. The molecule has 0 N–H and O–H groups in total. The topological polar surface area (TPSA) is 9.23 Å². The van der Waals surface area contributed by atoms with E-state index in [1.165, 1.54) is 51.8 Å². The number of hydrogen-bond acceptors (Lipinski definition) is 1.